The molecule has 2 N–H and O–H groups in total. The average Bonchev–Trinajstić information content (AvgIpc) is 2.87. The van der Waals surface area contributed by atoms with Gasteiger partial charge in [0.1, 0.15) is 5.76 Å². The van der Waals surface area contributed by atoms with Crippen molar-refractivity contribution in [1.82, 2.24) is 0 Å². The molecule has 1 aromatic rings. The summed E-state index contributed by atoms with van der Waals surface area (Å²) in [6.07, 6.45) is 7.98. The molecule has 1 atom stereocenters. The molecule has 1 aliphatic carbocycles. The van der Waals surface area contributed by atoms with Crippen LogP contribution in [0.2, 0.25) is 0 Å². The van der Waals surface area contributed by atoms with E-state index < -0.39 is 0 Å². The Morgan fingerprint density at radius 1 is 1.50 bits per heavy atom. The standard InChI is InChI=1S/C12H19NO/c1-2-11-10(7-8-14-11)12(13)9-5-3-4-6-9/h7-9,12H,2-6,13H2,1H3. The van der Waals surface area contributed by atoms with E-state index in [9.17, 15) is 0 Å². The lowest BCUT2D eigenvalue weighted by Gasteiger charge is -2.18. The van der Waals surface area contributed by atoms with Gasteiger partial charge in [0, 0.05) is 18.0 Å². The van der Waals surface area contributed by atoms with Crippen LogP contribution in [0.25, 0.3) is 0 Å². The zero-order valence-electron chi connectivity index (χ0n) is 8.83. The van der Waals surface area contributed by atoms with Gasteiger partial charge in [-0.05, 0) is 24.8 Å². The number of hydrogen-bond acceptors (Lipinski definition) is 2. The summed E-state index contributed by atoms with van der Waals surface area (Å²) in [4.78, 5) is 0. The van der Waals surface area contributed by atoms with Gasteiger partial charge in [0.15, 0.2) is 0 Å². The molecule has 1 aliphatic rings. The van der Waals surface area contributed by atoms with Gasteiger partial charge in [0.2, 0.25) is 0 Å². The van der Waals surface area contributed by atoms with Gasteiger partial charge in [-0.1, -0.05) is 19.8 Å². The third-order valence-electron chi connectivity index (χ3n) is 3.37. The Labute approximate surface area is 85.5 Å². The van der Waals surface area contributed by atoms with Gasteiger partial charge in [-0.3, -0.25) is 0 Å². The Bertz CT molecular complexity index is 286. The number of furan rings is 1. The van der Waals surface area contributed by atoms with Crippen molar-refractivity contribution in [3.05, 3.63) is 23.7 Å². The maximum atomic E-state index is 6.26. The first-order chi connectivity index (χ1) is 6.83. The predicted octanol–water partition coefficient (Wildman–Crippen LogP) is 3.03. The molecule has 1 fully saturated rings. The summed E-state index contributed by atoms with van der Waals surface area (Å²) < 4.78 is 5.41. The molecule has 0 radical (unpaired) electrons. The molecule has 0 saturated heterocycles. The largest absolute Gasteiger partial charge is 0.469 e. The van der Waals surface area contributed by atoms with Crippen LogP contribution in [0, 0.1) is 5.92 Å². The first-order valence-electron chi connectivity index (χ1n) is 5.64. The van der Waals surface area contributed by atoms with Crippen LogP contribution >= 0.6 is 0 Å². The minimum absolute atomic E-state index is 0.200. The fraction of sp³-hybridized carbons (Fsp3) is 0.667. The second-order valence-corrected chi connectivity index (χ2v) is 4.22. The molecule has 78 valence electrons. The van der Waals surface area contributed by atoms with E-state index in [0.29, 0.717) is 5.92 Å². The highest BCUT2D eigenvalue weighted by molar-refractivity contribution is 5.22. The molecule has 0 aliphatic heterocycles. The molecular weight excluding hydrogens is 174 g/mol. The zero-order valence-corrected chi connectivity index (χ0v) is 8.83. The smallest absolute Gasteiger partial charge is 0.108 e. The third kappa shape index (κ3) is 1.71. The lowest BCUT2D eigenvalue weighted by Crippen LogP contribution is -2.19. The first kappa shape index (κ1) is 9.78. The Morgan fingerprint density at radius 3 is 2.86 bits per heavy atom. The van der Waals surface area contributed by atoms with Crippen LogP contribution in [0.5, 0.6) is 0 Å². The van der Waals surface area contributed by atoms with Crippen molar-refractivity contribution < 1.29 is 4.42 Å². The summed E-state index contributed by atoms with van der Waals surface area (Å²) in [6.45, 7) is 2.11. The van der Waals surface area contributed by atoms with Gasteiger partial charge >= 0.3 is 0 Å². The number of nitrogens with two attached hydrogens (primary N) is 1. The van der Waals surface area contributed by atoms with E-state index in [1.807, 2.05) is 6.07 Å². The van der Waals surface area contributed by atoms with Gasteiger partial charge in [-0.15, -0.1) is 0 Å². The van der Waals surface area contributed by atoms with Crippen LogP contribution in [-0.2, 0) is 6.42 Å². The monoisotopic (exact) mass is 193 g/mol. The second kappa shape index (κ2) is 4.18. The zero-order chi connectivity index (χ0) is 9.97. The predicted molar refractivity (Wildman–Crippen MR) is 57.0 cm³/mol. The molecule has 0 aromatic carbocycles. The lowest BCUT2D eigenvalue weighted by molar-refractivity contribution is 0.430. The molecule has 1 saturated carbocycles. The molecule has 2 heteroatoms. The topological polar surface area (TPSA) is 39.2 Å². The summed E-state index contributed by atoms with van der Waals surface area (Å²) in [5, 5.41) is 0. The number of hydrogen-bond donors (Lipinski definition) is 1. The first-order valence-corrected chi connectivity index (χ1v) is 5.64. The van der Waals surface area contributed by atoms with Crippen LogP contribution in [0.1, 0.15) is 50.0 Å². The van der Waals surface area contributed by atoms with E-state index in [-0.39, 0.29) is 6.04 Å². The molecule has 1 unspecified atom stereocenters. The molecule has 14 heavy (non-hydrogen) atoms. The fourth-order valence-corrected chi connectivity index (χ4v) is 2.51. The molecule has 0 spiro atoms. The summed E-state index contributed by atoms with van der Waals surface area (Å²) in [6, 6.07) is 2.24. The highest BCUT2D eigenvalue weighted by Gasteiger charge is 2.25. The van der Waals surface area contributed by atoms with Crippen molar-refractivity contribution >= 4 is 0 Å². The summed E-state index contributed by atoms with van der Waals surface area (Å²) in [7, 11) is 0. The Morgan fingerprint density at radius 2 is 2.21 bits per heavy atom. The highest BCUT2D eigenvalue weighted by Crippen LogP contribution is 2.35. The van der Waals surface area contributed by atoms with E-state index in [1.165, 1.54) is 31.2 Å². The van der Waals surface area contributed by atoms with Gasteiger partial charge in [-0.2, -0.15) is 0 Å². The normalized spacial score (nSPS) is 20.1. The van der Waals surface area contributed by atoms with Crippen LogP contribution in [-0.4, -0.2) is 0 Å². The van der Waals surface area contributed by atoms with Crippen LogP contribution in [0.4, 0.5) is 0 Å². The molecule has 1 aromatic heterocycles. The van der Waals surface area contributed by atoms with Crippen molar-refractivity contribution in [3.63, 3.8) is 0 Å². The van der Waals surface area contributed by atoms with Gasteiger partial charge in [-0.25, -0.2) is 0 Å². The van der Waals surface area contributed by atoms with Crippen LogP contribution in [0.3, 0.4) is 0 Å². The number of aryl methyl sites for hydroxylation is 1. The van der Waals surface area contributed by atoms with Crippen molar-refractivity contribution in [2.24, 2.45) is 11.7 Å². The maximum Gasteiger partial charge on any atom is 0.108 e. The Hall–Kier alpha value is -0.760. The maximum absolute atomic E-state index is 6.26. The highest BCUT2D eigenvalue weighted by atomic mass is 16.3. The van der Waals surface area contributed by atoms with Crippen molar-refractivity contribution in [2.75, 3.05) is 0 Å². The van der Waals surface area contributed by atoms with Crippen molar-refractivity contribution in [1.29, 1.82) is 0 Å². The van der Waals surface area contributed by atoms with E-state index in [2.05, 4.69) is 6.92 Å². The van der Waals surface area contributed by atoms with Crippen molar-refractivity contribution in [2.45, 2.75) is 45.1 Å². The Balaban J connectivity index is 2.12. The van der Waals surface area contributed by atoms with Gasteiger partial charge < -0.3 is 10.2 Å². The molecule has 0 bridgehead atoms. The minimum Gasteiger partial charge on any atom is -0.469 e. The molecule has 0 amide bonds. The van der Waals surface area contributed by atoms with Crippen molar-refractivity contribution in [3.8, 4) is 0 Å². The fourth-order valence-electron chi connectivity index (χ4n) is 2.51. The SMILES string of the molecule is CCc1occc1C(N)C1CCCC1. The lowest BCUT2D eigenvalue weighted by atomic mass is 9.92. The molecule has 2 nitrogen and oxygen atoms in total. The van der Waals surface area contributed by atoms with E-state index in [1.54, 1.807) is 6.26 Å². The number of rotatable bonds is 3. The van der Waals surface area contributed by atoms with Crippen LogP contribution in [0.15, 0.2) is 16.7 Å². The van der Waals surface area contributed by atoms with E-state index >= 15 is 0 Å². The third-order valence-corrected chi connectivity index (χ3v) is 3.37. The van der Waals surface area contributed by atoms with Gasteiger partial charge in [0.25, 0.3) is 0 Å². The quantitative estimate of drug-likeness (QED) is 0.801. The molecule has 1 heterocycles. The van der Waals surface area contributed by atoms with E-state index in [4.69, 9.17) is 10.2 Å². The molecular formula is C12H19NO. The summed E-state index contributed by atoms with van der Waals surface area (Å²) in [5.74, 6) is 1.75. The summed E-state index contributed by atoms with van der Waals surface area (Å²) >= 11 is 0. The average molecular weight is 193 g/mol. The van der Waals surface area contributed by atoms with Gasteiger partial charge in [0.05, 0.1) is 6.26 Å². The summed E-state index contributed by atoms with van der Waals surface area (Å²) in [5.41, 5.74) is 7.50. The minimum atomic E-state index is 0.200. The Kier molecular flexibility index (Phi) is 2.92. The van der Waals surface area contributed by atoms with E-state index in [0.717, 1.165) is 12.2 Å². The molecule has 2 rings (SSSR count). The van der Waals surface area contributed by atoms with Crippen LogP contribution < -0.4 is 5.73 Å². The second-order valence-electron chi connectivity index (χ2n) is 4.22.